The van der Waals surface area contributed by atoms with Crippen LogP contribution in [0.4, 0.5) is 0 Å². The molecule has 1 saturated heterocycles. The monoisotopic (exact) mass is 200 g/mol. The summed E-state index contributed by atoms with van der Waals surface area (Å²) in [5.41, 5.74) is -0.319. The van der Waals surface area contributed by atoms with Crippen LogP contribution in [-0.2, 0) is 23.8 Å². The Bertz CT molecular complexity index is 257. The van der Waals surface area contributed by atoms with Gasteiger partial charge in [0.2, 0.25) is 0 Å². The highest BCUT2D eigenvalue weighted by molar-refractivity contribution is 5.90. The molecule has 1 heterocycles. The van der Waals surface area contributed by atoms with E-state index in [0.29, 0.717) is 13.2 Å². The Morgan fingerprint density at radius 2 is 1.57 bits per heavy atom. The summed E-state index contributed by atoms with van der Waals surface area (Å²) < 4.78 is 14.3. The molecule has 1 spiro atoms. The van der Waals surface area contributed by atoms with Crippen molar-refractivity contribution < 1.29 is 23.8 Å². The number of carbonyl (C=O) groups is 2. The van der Waals surface area contributed by atoms with Gasteiger partial charge in [0.05, 0.1) is 39.3 Å². The molecular weight excluding hydrogens is 188 g/mol. The third-order valence-electron chi connectivity index (χ3n) is 3.11. The molecule has 2 unspecified atom stereocenters. The van der Waals surface area contributed by atoms with Gasteiger partial charge in [-0.1, -0.05) is 0 Å². The van der Waals surface area contributed by atoms with Crippen molar-refractivity contribution in [2.45, 2.75) is 0 Å². The molecule has 0 aromatic rings. The van der Waals surface area contributed by atoms with E-state index in [2.05, 4.69) is 9.47 Å². The first-order valence-electron chi connectivity index (χ1n) is 4.41. The minimum atomic E-state index is -0.367. The summed E-state index contributed by atoms with van der Waals surface area (Å²) in [6, 6.07) is 0. The van der Waals surface area contributed by atoms with Crippen molar-refractivity contribution in [2.75, 3.05) is 27.4 Å². The molecule has 0 radical (unpaired) electrons. The maximum Gasteiger partial charge on any atom is 0.310 e. The van der Waals surface area contributed by atoms with Gasteiger partial charge >= 0.3 is 11.9 Å². The van der Waals surface area contributed by atoms with E-state index < -0.39 is 0 Å². The number of esters is 2. The number of rotatable bonds is 2. The zero-order valence-electron chi connectivity index (χ0n) is 8.11. The Morgan fingerprint density at radius 3 is 1.79 bits per heavy atom. The van der Waals surface area contributed by atoms with Crippen LogP contribution < -0.4 is 0 Å². The molecule has 0 aromatic heterocycles. The van der Waals surface area contributed by atoms with E-state index in [1.807, 2.05) is 0 Å². The molecule has 1 aliphatic heterocycles. The molecule has 1 saturated carbocycles. The molecule has 5 heteroatoms. The third-order valence-corrected chi connectivity index (χ3v) is 3.11. The second-order valence-electron chi connectivity index (χ2n) is 3.73. The summed E-state index contributed by atoms with van der Waals surface area (Å²) in [7, 11) is 2.64. The van der Waals surface area contributed by atoms with Crippen molar-refractivity contribution in [3.05, 3.63) is 0 Å². The van der Waals surface area contributed by atoms with Crippen LogP contribution in [0.2, 0.25) is 0 Å². The summed E-state index contributed by atoms with van der Waals surface area (Å²) in [6.45, 7) is 0.902. The number of carbonyl (C=O) groups excluding carboxylic acids is 2. The Labute approximate surface area is 81.3 Å². The van der Waals surface area contributed by atoms with Crippen molar-refractivity contribution in [2.24, 2.45) is 17.3 Å². The van der Waals surface area contributed by atoms with E-state index in [1.54, 1.807) is 0 Å². The fraction of sp³-hybridized carbons (Fsp3) is 0.778. The maximum atomic E-state index is 11.3. The highest BCUT2D eigenvalue weighted by atomic mass is 16.5. The predicted molar refractivity (Wildman–Crippen MR) is 44.3 cm³/mol. The fourth-order valence-corrected chi connectivity index (χ4v) is 2.18. The van der Waals surface area contributed by atoms with E-state index in [-0.39, 0.29) is 29.2 Å². The molecule has 2 fully saturated rings. The van der Waals surface area contributed by atoms with Gasteiger partial charge in [0, 0.05) is 5.41 Å². The summed E-state index contributed by atoms with van der Waals surface area (Å²) in [5.74, 6) is -1.42. The highest BCUT2D eigenvalue weighted by Crippen LogP contribution is 2.63. The lowest BCUT2D eigenvalue weighted by molar-refractivity contribution is -0.148. The standard InChI is InChI=1S/C9H12O5/c1-12-7(10)5-6(8(11)13-2)9(5)3-14-4-9/h5-6H,3-4H2,1-2H3. The van der Waals surface area contributed by atoms with Gasteiger partial charge in [0.25, 0.3) is 0 Å². The second-order valence-corrected chi connectivity index (χ2v) is 3.73. The lowest BCUT2D eigenvalue weighted by Gasteiger charge is -2.27. The van der Waals surface area contributed by atoms with Crippen LogP contribution in [0.3, 0.4) is 0 Å². The lowest BCUT2D eigenvalue weighted by Crippen LogP contribution is -2.35. The molecule has 2 atom stereocenters. The molecule has 0 N–H and O–H groups in total. The zero-order valence-corrected chi connectivity index (χ0v) is 8.11. The highest BCUT2D eigenvalue weighted by Gasteiger charge is 2.76. The van der Waals surface area contributed by atoms with E-state index in [1.165, 1.54) is 14.2 Å². The summed E-state index contributed by atoms with van der Waals surface area (Å²) in [5, 5.41) is 0. The first-order valence-corrected chi connectivity index (χ1v) is 4.41. The molecule has 1 aliphatic carbocycles. The molecule has 0 bridgehead atoms. The number of hydrogen-bond acceptors (Lipinski definition) is 5. The Balaban J connectivity index is 2.11. The van der Waals surface area contributed by atoms with Gasteiger partial charge < -0.3 is 14.2 Å². The zero-order chi connectivity index (χ0) is 10.3. The van der Waals surface area contributed by atoms with Gasteiger partial charge in [-0.05, 0) is 0 Å². The second kappa shape index (κ2) is 2.95. The molecule has 14 heavy (non-hydrogen) atoms. The van der Waals surface area contributed by atoms with Crippen LogP contribution in [0.1, 0.15) is 0 Å². The Morgan fingerprint density at radius 1 is 1.14 bits per heavy atom. The maximum absolute atomic E-state index is 11.3. The molecular formula is C9H12O5. The van der Waals surface area contributed by atoms with Crippen molar-refractivity contribution >= 4 is 11.9 Å². The lowest BCUT2D eigenvalue weighted by atomic mass is 10.0. The molecule has 2 aliphatic rings. The van der Waals surface area contributed by atoms with Crippen molar-refractivity contribution in [1.29, 1.82) is 0 Å². The third kappa shape index (κ3) is 0.987. The van der Waals surface area contributed by atoms with Crippen molar-refractivity contribution in [3.8, 4) is 0 Å². The van der Waals surface area contributed by atoms with Gasteiger partial charge in [-0.3, -0.25) is 9.59 Å². The van der Waals surface area contributed by atoms with Crippen LogP contribution in [0.15, 0.2) is 0 Å². The van der Waals surface area contributed by atoms with E-state index in [0.717, 1.165) is 0 Å². The minimum absolute atomic E-state index is 0.319. The Kier molecular flexibility index (Phi) is 1.99. The number of methoxy groups -OCH3 is 2. The summed E-state index contributed by atoms with van der Waals surface area (Å²) >= 11 is 0. The smallest absolute Gasteiger partial charge is 0.310 e. The SMILES string of the molecule is COC(=O)C1C(C(=O)OC)C12COC2. The quantitative estimate of drug-likeness (QED) is 0.567. The van der Waals surface area contributed by atoms with E-state index in [4.69, 9.17) is 4.74 Å². The van der Waals surface area contributed by atoms with Crippen LogP contribution in [-0.4, -0.2) is 39.4 Å². The molecule has 2 rings (SSSR count). The average molecular weight is 200 g/mol. The van der Waals surface area contributed by atoms with Crippen LogP contribution >= 0.6 is 0 Å². The van der Waals surface area contributed by atoms with Crippen molar-refractivity contribution in [1.82, 2.24) is 0 Å². The van der Waals surface area contributed by atoms with Crippen LogP contribution in [0, 0.1) is 17.3 Å². The first-order chi connectivity index (χ1) is 6.67. The normalized spacial score (nSPS) is 31.9. The first kappa shape index (κ1) is 9.45. The van der Waals surface area contributed by atoms with Gasteiger partial charge in [-0.2, -0.15) is 0 Å². The molecule has 78 valence electrons. The predicted octanol–water partition coefficient (Wildman–Crippen LogP) is -0.405. The molecule has 0 aromatic carbocycles. The minimum Gasteiger partial charge on any atom is -0.469 e. The van der Waals surface area contributed by atoms with Gasteiger partial charge in [-0.25, -0.2) is 0 Å². The van der Waals surface area contributed by atoms with Gasteiger partial charge in [-0.15, -0.1) is 0 Å². The topological polar surface area (TPSA) is 61.8 Å². The van der Waals surface area contributed by atoms with Crippen molar-refractivity contribution in [3.63, 3.8) is 0 Å². The Hall–Kier alpha value is -1.10. The van der Waals surface area contributed by atoms with Gasteiger partial charge in [0.1, 0.15) is 0 Å². The summed E-state index contributed by atoms with van der Waals surface area (Å²) in [4.78, 5) is 22.7. The summed E-state index contributed by atoms with van der Waals surface area (Å²) in [6.07, 6.45) is 0. The average Bonchev–Trinajstić information content (AvgIpc) is 2.84. The number of ether oxygens (including phenoxy) is 3. The number of hydrogen-bond donors (Lipinski definition) is 0. The largest absolute Gasteiger partial charge is 0.469 e. The van der Waals surface area contributed by atoms with Crippen LogP contribution in [0.25, 0.3) is 0 Å². The van der Waals surface area contributed by atoms with Gasteiger partial charge in [0.15, 0.2) is 0 Å². The fourth-order valence-electron chi connectivity index (χ4n) is 2.18. The van der Waals surface area contributed by atoms with E-state index in [9.17, 15) is 9.59 Å². The van der Waals surface area contributed by atoms with E-state index >= 15 is 0 Å². The van der Waals surface area contributed by atoms with Crippen LogP contribution in [0.5, 0.6) is 0 Å². The molecule has 0 amide bonds. The molecule has 5 nitrogen and oxygen atoms in total.